The van der Waals surface area contributed by atoms with Gasteiger partial charge in [0.1, 0.15) is 24.8 Å². The molecule has 3 aromatic carbocycles. The molecule has 3 fully saturated rings. The number of carbonyl (C=O) groups is 4. The second kappa shape index (κ2) is 16.3. The first-order valence-electron chi connectivity index (χ1n) is 17.7. The first-order valence-corrected chi connectivity index (χ1v) is 17.7. The molecule has 2 heterocycles. The number of nitrogens with one attached hydrogen (secondary N) is 1. The fourth-order valence-electron chi connectivity index (χ4n) is 7.50. The quantitative estimate of drug-likeness (QED) is 0.173. The van der Waals surface area contributed by atoms with Crippen molar-refractivity contribution in [2.45, 2.75) is 101 Å². The Morgan fingerprint density at radius 2 is 1.50 bits per heavy atom. The number of aryl methyl sites for hydroxylation is 1. The maximum Gasteiger partial charge on any atom is 0.509 e. The molecular formula is C40H46N2O8. The third kappa shape index (κ3) is 8.35. The van der Waals surface area contributed by atoms with E-state index in [0.717, 1.165) is 42.4 Å². The Balaban J connectivity index is 1.19. The van der Waals surface area contributed by atoms with Crippen molar-refractivity contribution in [3.8, 4) is 0 Å². The van der Waals surface area contributed by atoms with E-state index in [1.165, 1.54) is 0 Å². The Morgan fingerprint density at radius 3 is 2.12 bits per heavy atom. The largest absolute Gasteiger partial charge is 0.509 e. The molecule has 0 aromatic heterocycles. The third-order valence-electron chi connectivity index (χ3n) is 10.2. The first-order chi connectivity index (χ1) is 24.3. The zero-order valence-corrected chi connectivity index (χ0v) is 28.6. The van der Waals surface area contributed by atoms with Crippen LogP contribution in [0.15, 0.2) is 91.0 Å². The molecule has 3 aliphatic rings. The lowest BCUT2D eigenvalue weighted by atomic mass is 9.84. The van der Waals surface area contributed by atoms with Crippen LogP contribution >= 0.6 is 0 Å². The number of likely N-dealkylation sites (tertiary alicyclic amines) is 1. The lowest BCUT2D eigenvalue weighted by Gasteiger charge is -2.36. The molecule has 3 aromatic rings. The van der Waals surface area contributed by atoms with Crippen molar-refractivity contribution < 1.29 is 38.1 Å². The molecule has 0 radical (unpaired) electrons. The van der Waals surface area contributed by atoms with Crippen LogP contribution in [0.1, 0.15) is 75.2 Å². The van der Waals surface area contributed by atoms with E-state index >= 15 is 0 Å². The second-order valence-corrected chi connectivity index (χ2v) is 13.6. The number of hydrogen-bond donors (Lipinski definition) is 1. The summed E-state index contributed by atoms with van der Waals surface area (Å²) in [5, 5.41) is 3.25. The van der Waals surface area contributed by atoms with Gasteiger partial charge in [0, 0.05) is 6.04 Å². The maximum atomic E-state index is 14.4. The molecule has 2 saturated heterocycles. The van der Waals surface area contributed by atoms with Crippen LogP contribution in [0.4, 0.5) is 4.79 Å². The summed E-state index contributed by atoms with van der Waals surface area (Å²) < 4.78 is 22.1. The Hall–Kier alpha value is -4.70. The van der Waals surface area contributed by atoms with Crippen molar-refractivity contribution in [3.05, 3.63) is 108 Å². The van der Waals surface area contributed by atoms with E-state index in [1.54, 1.807) is 18.7 Å². The standard InChI is InChI=1S/C40H46N2O8/c1-26(41-32(23-22-28-14-6-3-7-15-28)38(44)47-25-35-27(2)48-40(46)49-35)37(43)42-33-21-13-12-20-31(33)24-34(42)39(45)50-36(29-16-8-4-9-17-29)30-18-10-5-11-19-30/h3-11,14-19,26-27,31-36,41H,12-13,20-25H2,1-2H3/t26-,27?,31+,32-,33-,34-,35?/m0/s1. The zero-order chi connectivity index (χ0) is 35.0. The molecule has 50 heavy (non-hydrogen) atoms. The monoisotopic (exact) mass is 682 g/mol. The summed E-state index contributed by atoms with van der Waals surface area (Å²) in [5.74, 6) is -1.04. The highest BCUT2D eigenvalue weighted by Gasteiger charge is 2.49. The number of amides is 1. The highest BCUT2D eigenvalue weighted by molar-refractivity contribution is 5.89. The minimum atomic E-state index is -0.835. The molecule has 1 saturated carbocycles. The maximum absolute atomic E-state index is 14.4. The summed E-state index contributed by atoms with van der Waals surface area (Å²) in [6, 6.07) is 26.6. The molecule has 0 bridgehead atoms. The van der Waals surface area contributed by atoms with E-state index in [2.05, 4.69) is 5.32 Å². The summed E-state index contributed by atoms with van der Waals surface area (Å²) in [6.45, 7) is 3.24. The molecule has 1 aliphatic carbocycles. The fraction of sp³-hybridized carbons (Fsp3) is 0.450. The van der Waals surface area contributed by atoms with Crippen molar-refractivity contribution in [1.29, 1.82) is 0 Å². The molecule has 10 heteroatoms. The van der Waals surface area contributed by atoms with E-state index in [-0.39, 0.29) is 24.5 Å². The zero-order valence-electron chi connectivity index (χ0n) is 28.6. The molecular weight excluding hydrogens is 636 g/mol. The second-order valence-electron chi connectivity index (χ2n) is 13.6. The van der Waals surface area contributed by atoms with E-state index in [0.29, 0.717) is 19.3 Å². The number of rotatable bonds is 13. The molecule has 264 valence electrons. The summed E-state index contributed by atoms with van der Waals surface area (Å²) in [5.41, 5.74) is 2.74. The summed E-state index contributed by atoms with van der Waals surface area (Å²) in [6.07, 6.45) is 2.58. The molecule has 2 aliphatic heterocycles. The number of nitrogens with zero attached hydrogens (tertiary/aromatic N) is 1. The minimum Gasteiger partial charge on any atom is -0.460 e. The van der Waals surface area contributed by atoms with Gasteiger partial charge in [0.15, 0.2) is 12.2 Å². The van der Waals surface area contributed by atoms with Gasteiger partial charge in [0.2, 0.25) is 5.91 Å². The predicted octanol–water partition coefficient (Wildman–Crippen LogP) is 5.93. The summed E-state index contributed by atoms with van der Waals surface area (Å²) >= 11 is 0. The normalized spacial score (nSPS) is 24.1. The highest BCUT2D eigenvalue weighted by atomic mass is 16.8. The van der Waals surface area contributed by atoms with Gasteiger partial charge < -0.3 is 23.8 Å². The number of esters is 2. The van der Waals surface area contributed by atoms with Crippen LogP contribution in [-0.4, -0.2) is 71.9 Å². The smallest absolute Gasteiger partial charge is 0.460 e. The van der Waals surface area contributed by atoms with Crippen LogP contribution in [0, 0.1) is 5.92 Å². The van der Waals surface area contributed by atoms with Gasteiger partial charge in [-0.2, -0.15) is 0 Å². The Morgan fingerprint density at radius 1 is 0.880 bits per heavy atom. The third-order valence-corrected chi connectivity index (χ3v) is 10.2. The van der Waals surface area contributed by atoms with Crippen LogP contribution in [0.5, 0.6) is 0 Å². The number of hydrogen-bond acceptors (Lipinski definition) is 9. The van der Waals surface area contributed by atoms with E-state index < -0.39 is 54.5 Å². The first kappa shape index (κ1) is 35.1. The van der Waals surface area contributed by atoms with Crippen LogP contribution in [0.3, 0.4) is 0 Å². The summed E-state index contributed by atoms with van der Waals surface area (Å²) in [7, 11) is 0. The van der Waals surface area contributed by atoms with E-state index in [9.17, 15) is 19.2 Å². The minimum absolute atomic E-state index is 0.0850. The molecule has 10 nitrogen and oxygen atoms in total. The van der Waals surface area contributed by atoms with Crippen molar-refractivity contribution >= 4 is 24.0 Å². The van der Waals surface area contributed by atoms with Gasteiger partial charge in [-0.25, -0.2) is 9.59 Å². The average Bonchev–Trinajstić information content (AvgIpc) is 3.70. The van der Waals surface area contributed by atoms with Crippen LogP contribution in [0.2, 0.25) is 0 Å². The Kier molecular flexibility index (Phi) is 11.5. The van der Waals surface area contributed by atoms with Crippen LogP contribution < -0.4 is 5.32 Å². The predicted molar refractivity (Wildman–Crippen MR) is 185 cm³/mol. The number of benzene rings is 3. The van der Waals surface area contributed by atoms with Gasteiger partial charge in [-0.1, -0.05) is 104 Å². The molecule has 0 spiro atoms. The number of cyclic esters (lactones) is 2. The van der Waals surface area contributed by atoms with Crippen molar-refractivity contribution in [3.63, 3.8) is 0 Å². The average molecular weight is 683 g/mol. The Bertz CT molecular complexity index is 1560. The number of fused-ring (bicyclic) bond motifs is 1. The van der Waals surface area contributed by atoms with Crippen LogP contribution in [-0.2, 0) is 39.8 Å². The lowest BCUT2D eigenvalue weighted by molar-refractivity contribution is -0.159. The topological polar surface area (TPSA) is 120 Å². The fourth-order valence-corrected chi connectivity index (χ4v) is 7.50. The van der Waals surface area contributed by atoms with Gasteiger partial charge in [0.25, 0.3) is 0 Å². The van der Waals surface area contributed by atoms with E-state index in [1.807, 2.05) is 91.0 Å². The van der Waals surface area contributed by atoms with Gasteiger partial charge >= 0.3 is 18.1 Å². The summed E-state index contributed by atoms with van der Waals surface area (Å²) in [4.78, 5) is 55.4. The molecule has 1 N–H and O–H groups in total. The lowest BCUT2D eigenvalue weighted by Crippen LogP contribution is -2.56. The molecule has 6 rings (SSSR count). The molecule has 7 atom stereocenters. The van der Waals surface area contributed by atoms with E-state index in [4.69, 9.17) is 18.9 Å². The van der Waals surface area contributed by atoms with Gasteiger partial charge in [0.05, 0.1) is 6.04 Å². The number of carbonyl (C=O) groups excluding carboxylic acids is 4. The molecule has 1 amide bonds. The SMILES string of the molecule is CC1OC(=O)OC1COC(=O)[C@H](CCc1ccccc1)N[C@@H](C)C(=O)N1[C@H](C(=O)OC(c2ccccc2)c2ccccc2)C[C@H]2CCCC[C@@H]21. The number of ether oxygens (including phenoxy) is 4. The van der Waals surface area contributed by atoms with Crippen molar-refractivity contribution in [2.24, 2.45) is 5.92 Å². The van der Waals surface area contributed by atoms with Gasteiger partial charge in [-0.15, -0.1) is 0 Å². The van der Waals surface area contributed by atoms with Gasteiger partial charge in [-0.3, -0.25) is 14.9 Å². The van der Waals surface area contributed by atoms with Crippen LogP contribution in [0.25, 0.3) is 0 Å². The van der Waals surface area contributed by atoms with Gasteiger partial charge in [-0.05, 0) is 68.6 Å². The van der Waals surface area contributed by atoms with Crippen molar-refractivity contribution in [1.82, 2.24) is 10.2 Å². The highest BCUT2D eigenvalue weighted by Crippen LogP contribution is 2.41. The molecule has 2 unspecified atom stereocenters. The van der Waals surface area contributed by atoms with Crippen molar-refractivity contribution in [2.75, 3.05) is 6.61 Å². The Labute approximate surface area is 293 Å².